The fourth-order valence-electron chi connectivity index (χ4n) is 2.65. The first kappa shape index (κ1) is 16.1. The number of hydrogen-bond donors (Lipinski definition) is 0. The van der Waals surface area contributed by atoms with E-state index < -0.39 is 0 Å². The molecule has 0 radical (unpaired) electrons. The molecule has 2 heteroatoms. The molecule has 0 aromatic heterocycles. The van der Waals surface area contributed by atoms with Crippen LogP contribution in [0.4, 0.5) is 5.69 Å². The van der Waals surface area contributed by atoms with Crippen LogP contribution in [0.1, 0.15) is 11.1 Å². The average Bonchev–Trinajstić information content (AvgIpc) is 2.65. The molecule has 24 heavy (non-hydrogen) atoms. The molecule has 0 spiro atoms. The van der Waals surface area contributed by atoms with Crippen molar-refractivity contribution < 1.29 is 4.74 Å². The summed E-state index contributed by atoms with van der Waals surface area (Å²) in [6.07, 6.45) is 0.956. The van der Waals surface area contributed by atoms with Crippen LogP contribution in [0.25, 0.3) is 0 Å². The highest BCUT2D eigenvalue weighted by atomic mass is 16.5. The maximum atomic E-state index is 5.86. The minimum absolute atomic E-state index is 0.670. The number of ether oxygens (including phenoxy) is 1. The molecular formula is C22H23NO. The van der Waals surface area contributed by atoms with Gasteiger partial charge in [-0.05, 0) is 41.8 Å². The fraction of sp³-hybridized carbons (Fsp3) is 0.182. The Hall–Kier alpha value is -2.74. The molecule has 3 aromatic rings. The molecule has 122 valence electrons. The van der Waals surface area contributed by atoms with Crippen LogP contribution in [0, 0.1) is 0 Å². The van der Waals surface area contributed by atoms with Crippen molar-refractivity contribution in [2.24, 2.45) is 0 Å². The van der Waals surface area contributed by atoms with Gasteiger partial charge in [-0.1, -0.05) is 60.7 Å². The second-order valence-corrected chi connectivity index (χ2v) is 5.91. The van der Waals surface area contributed by atoms with E-state index in [1.807, 2.05) is 12.1 Å². The Balaban J connectivity index is 1.48. The van der Waals surface area contributed by atoms with Crippen molar-refractivity contribution in [3.05, 3.63) is 96.1 Å². The molecule has 0 heterocycles. The summed E-state index contributed by atoms with van der Waals surface area (Å²) in [4.78, 5) is 2.20. The van der Waals surface area contributed by atoms with Crippen LogP contribution in [0.5, 0.6) is 5.75 Å². The number of nitrogens with zero attached hydrogens (tertiary/aromatic N) is 1. The Labute approximate surface area is 144 Å². The number of likely N-dealkylation sites (N-methyl/N-ethyl adjacent to an activating group) is 1. The van der Waals surface area contributed by atoms with Crippen LogP contribution in [0.2, 0.25) is 0 Å². The second kappa shape index (κ2) is 8.21. The smallest absolute Gasteiger partial charge is 0.119 e. The topological polar surface area (TPSA) is 12.5 Å². The zero-order valence-corrected chi connectivity index (χ0v) is 14.1. The normalized spacial score (nSPS) is 10.4. The van der Waals surface area contributed by atoms with Gasteiger partial charge in [0.15, 0.2) is 0 Å². The lowest BCUT2D eigenvalue weighted by Crippen LogP contribution is -2.23. The molecule has 0 aliphatic carbocycles. The molecule has 0 unspecified atom stereocenters. The third-order valence-corrected chi connectivity index (χ3v) is 4.07. The lowest BCUT2D eigenvalue weighted by Gasteiger charge is -2.19. The first-order chi connectivity index (χ1) is 11.8. The minimum atomic E-state index is 0.670. The summed E-state index contributed by atoms with van der Waals surface area (Å²) in [6.45, 7) is 1.53. The van der Waals surface area contributed by atoms with Gasteiger partial charge in [0, 0.05) is 12.7 Å². The molecule has 0 bridgehead atoms. The van der Waals surface area contributed by atoms with Gasteiger partial charge >= 0.3 is 0 Å². The molecule has 0 aliphatic heterocycles. The van der Waals surface area contributed by atoms with Gasteiger partial charge in [-0.25, -0.2) is 0 Å². The van der Waals surface area contributed by atoms with E-state index in [2.05, 4.69) is 84.7 Å². The highest BCUT2D eigenvalue weighted by Crippen LogP contribution is 2.16. The van der Waals surface area contributed by atoms with Crippen LogP contribution >= 0.6 is 0 Å². The monoisotopic (exact) mass is 317 g/mol. The summed E-state index contributed by atoms with van der Waals surface area (Å²) in [5.41, 5.74) is 3.84. The summed E-state index contributed by atoms with van der Waals surface area (Å²) in [7, 11) is 2.08. The number of hydrogen-bond acceptors (Lipinski definition) is 2. The van der Waals surface area contributed by atoms with Gasteiger partial charge in [0.25, 0.3) is 0 Å². The third-order valence-electron chi connectivity index (χ3n) is 4.07. The van der Waals surface area contributed by atoms with Crippen molar-refractivity contribution in [1.82, 2.24) is 0 Å². The van der Waals surface area contributed by atoms with E-state index in [0.29, 0.717) is 6.61 Å². The molecule has 2 nitrogen and oxygen atoms in total. The lowest BCUT2D eigenvalue weighted by molar-refractivity contribution is 0.326. The second-order valence-electron chi connectivity index (χ2n) is 5.91. The average molecular weight is 317 g/mol. The molecule has 3 rings (SSSR count). The highest BCUT2D eigenvalue weighted by molar-refractivity contribution is 5.44. The maximum absolute atomic E-state index is 5.86. The molecular weight excluding hydrogens is 294 g/mol. The quantitative estimate of drug-likeness (QED) is 0.621. The molecule has 0 amide bonds. The summed E-state index contributed by atoms with van der Waals surface area (Å²) >= 11 is 0. The summed E-state index contributed by atoms with van der Waals surface area (Å²) < 4.78 is 5.86. The van der Waals surface area contributed by atoms with Crippen LogP contribution in [-0.2, 0) is 6.42 Å². The fourth-order valence-corrected chi connectivity index (χ4v) is 2.65. The Morgan fingerprint density at radius 3 is 1.96 bits per heavy atom. The van der Waals surface area contributed by atoms with E-state index in [9.17, 15) is 0 Å². The van der Waals surface area contributed by atoms with Crippen molar-refractivity contribution in [1.29, 1.82) is 0 Å². The highest BCUT2D eigenvalue weighted by Gasteiger charge is 2.01. The van der Waals surface area contributed by atoms with E-state index in [-0.39, 0.29) is 0 Å². The van der Waals surface area contributed by atoms with Crippen LogP contribution < -0.4 is 9.64 Å². The summed E-state index contributed by atoms with van der Waals surface area (Å²) in [5.74, 6) is 0.924. The van der Waals surface area contributed by atoms with Crippen molar-refractivity contribution in [3.63, 3.8) is 0 Å². The Kier molecular flexibility index (Phi) is 5.52. The molecule has 0 aliphatic rings. The standard InChI is InChI=1S/C22H23NO/c1-23(21-10-6-3-7-11-21)16-17-24-22-14-12-20(13-15-22)18-19-8-4-2-5-9-19/h2-15H,16-18H2,1H3. The molecule has 0 saturated heterocycles. The maximum Gasteiger partial charge on any atom is 0.119 e. The zero-order chi connectivity index (χ0) is 16.6. The van der Waals surface area contributed by atoms with E-state index in [0.717, 1.165) is 18.7 Å². The zero-order valence-electron chi connectivity index (χ0n) is 14.1. The van der Waals surface area contributed by atoms with Gasteiger partial charge in [-0.15, -0.1) is 0 Å². The van der Waals surface area contributed by atoms with E-state index in [1.165, 1.54) is 16.8 Å². The predicted molar refractivity (Wildman–Crippen MR) is 101 cm³/mol. The van der Waals surface area contributed by atoms with Crippen LogP contribution in [-0.4, -0.2) is 20.2 Å². The van der Waals surface area contributed by atoms with Gasteiger partial charge in [-0.2, -0.15) is 0 Å². The van der Waals surface area contributed by atoms with Crippen molar-refractivity contribution in [3.8, 4) is 5.75 Å². The first-order valence-electron chi connectivity index (χ1n) is 8.33. The third kappa shape index (κ3) is 4.63. The SMILES string of the molecule is CN(CCOc1ccc(Cc2ccccc2)cc1)c1ccccc1. The number of benzene rings is 3. The van der Waals surface area contributed by atoms with Gasteiger partial charge in [-0.3, -0.25) is 0 Å². The first-order valence-corrected chi connectivity index (χ1v) is 8.33. The molecule has 0 fully saturated rings. The Bertz CT molecular complexity index is 723. The molecule has 0 saturated carbocycles. The molecule has 0 atom stereocenters. The van der Waals surface area contributed by atoms with Gasteiger partial charge in [0.05, 0.1) is 6.54 Å². The Morgan fingerprint density at radius 2 is 1.29 bits per heavy atom. The number of para-hydroxylation sites is 1. The van der Waals surface area contributed by atoms with Gasteiger partial charge in [0.1, 0.15) is 12.4 Å². The number of anilines is 1. The van der Waals surface area contributed by atoms with Crippen molar-refractivity contribution in [2.45, 2.75) is 6.42 Å². The molecule has 0 N–H and O–H groups in total. The lowest BCUT2D eigenvalue weighted by atomic mass is 10.1. The van der Waals surface area contributed by atoms with E-state index >= 15 is 0 Å². The largest absolute Gasteiger partial charge is 0.492 e. The number of rotatable bonds is 7. The van der Waals surface area contributed by atoms with Gasteiger partial charge in [0.2, 0.25) is 0 Å². The Morgan fingerprint density at radius 1 is 0.708 bits per heavy atom. The molecule has 3 aromatic carbocycles. The van der Waals surface area contributed by atoms with Crippen LogP contribution in [0.3, 0.4) is 0 Å². The van der Waals surface area contributed by atoms with Crippen molar-refractivity contribution in [2.75, 3.05) is 25.1 Å². The van der Waals surface area contributed by atoms with Crippen molar-refractivity contribution >= 4 is 5.69 Å². The van der Waals surface area contributed by atoms with Crippen LogP contribution in [0.15, 0.2) is 84.9 Å². The predicted octanol–water partition coefficient (Wildman–Crippen LogP) is 4.79. The minimum Gasteiger partial charge on any atom is -0.492 e. The van der Waals surface area contributed by atoms with Gasteiger partial charge < -0.3 is 9.64 Å². The van der Waals surface area contributed by atoms with E-state index in [4.69, 9.17) is 4.74 Å². The summed E-state index contributed by atoms with van der Waals surface area (Å²) in [5, 5.41) is 0. The summed E-state index contributed by atoms with van der Waals surface area (Å²) in [6, 6.07) is 29.3. The van der Waals surface area contributed by atoms with E-state index in [1.54, 1.807) is 0 Å².